The zero-order chi connectivity index (χ0) is 21.2. The lowest BCUT2D eigenvalue weighted by molar-refractivity contribution is -0.180. The molecule has 3 rings (SSSR count). The van der Waals surface area contributed by atoms with Crippen molar-refractivity contribution in [2.45, 2.75) is 64.8 Å². The molecule has 4 heteroatoms. The number of benzene rings is 2. The predicted molar refractivity (Wildman–Crippen MR) is 124 cm³/mol. The van der Waals surface area contributed by atoms with Gasteiger partial charge < -0.3 is 20.1 Å². The molecular formula is C26H38N2O2. The second-order valence-corrected chi connectivity index (χ2v) is 8.76. The second kappa shape index (κ2) is 11.5. The van der Waals surface area contributed by atoms with Gasteiger partial charge in [-0.05, 0) is 62.0 Å². The predicted octanol–water partition coefficient (Wildman–Crippen LogP) is 4.94. The lowest BCUT2D eigenvalue weighted by Gasteiger charge is -2.32. The van der Waals surface area contributed by atoms with E-state index in [-0.39, 0.29) is 0 Å². The Bertz CT molecular complexity index is 761. The van der Waals surface area contributed by atoms with E-state index in [1.165, 1.54) is 30.4 Å². The van der Waals surface area contributed by atoms with Crippen LogP contribution in [-0.2, 0) is 24.2 Å². The third-order valence-corrected chi connectivity index (χ3v) is 5.76. The summed E-state index contributed by atoms with van der Waals surface area (Å²) in [6.07, 6.45) is 7.04. The molecule has 1 aliphatic rings. The van der Waals surface area contributed by atoms with Crippen LogP contribution in [0.2, 0.25) is 0 Å². The fourth-order valence-corrected chi connectivity index (χ4v) is 3.93. The van der Waals surface area contributed by atoms with E-state index < -0.39 is 5.79 Å². The highest BCUT2D eigenvalue weighted by Crippen LogP contribution is 2.31. The first-order valence-corrected chi connectivity index (χ1v) is 11.5. The van der Waals surface area contributed by atoms with E-state index in [0.717, 1.165) is 56.8 Å². The molecule has 0 saturated heterocycles. The molecule has 0 spiro atoms. The van der Waals surface area contributed by atoms with Crippen molar-refractivity contribution in [1.82, 2.24) is 4.90 Å². The Morgan fingerprint density at radius 1 is 0.867 bits per heavy atom. The summed E-state index contributed by atoms with van der Waals surface area (Å²) in [4.78, 5) is 2.62. The zero-order valence-corrected chi connectivity index (χ0v) is 18.7. The van der Waals surface area contributed by atoms with Gasteiger partial charge in [0.15, 0.2) is 0 Å². The first kappa shape index (κ1) is 22.8. The van der Waals surface area contributed by atoms with Crippen molar-refractivity contribution in [2.24, 2.45) is 5.73 Å². The van der Waals surface area contributed by atoms with Crippen LogP contribution in [0.25, 0.3) is 0 Å². The molecule has 2 aromatic carbocycles. The summed E-state index contributed by atoms with van der Waals surface area (Å²) < 4.78 is 11.7. The maximum absolute atomic E-state index is 5.93. The Kier molecular flexibility index (Phi) is 8.74. The maximum atomic E-state index is 5.93. The standard InChI is InChI=1S/C26H38N2O2/c1-26(2)29-21-24-20-23(12-13-25(24)30-26)15-19-28(17-9-4-3-8-16-27)18-14-22-10-6-5-7-11-22/h5-7,10-13,20H,3-4,8-9,14-19,21,27H2,1-2H3. The van der Waals surface area contributed by atoms with Crippen molar-refractivity contribution >= 4 is 0 Å². The van der Waals surface area contributed by atoms with Crippen molar-refractivity contribution in [3.63, 3.8) is 0 Å². The molecule has 164 valence electrons. The van der Waals surface area contributed by atoms with Crippen LogP contribution in [0.5, 0.6) is 5.75 Å². The van der Waals surface area contributed by atoms with Crippen molar-refractivity contribution in [3.8, 4) is 5.75 Å². The second-order valence-electron chi connectivity index (χ2n) is 8.76. The highest BCUT2D eigenvalue weighted by atomic mass is 16.7. The fraction of sp³-hybridized carbons (Fsp3) is 0.538. The van der Waals surface area contributed by atoms with Crippen LogP contribution in [0.15, 0.2) is 48.5 Å². The average molecular weight is 411 g/mol. The number of hydrogen-bond acceptors (Lipinski definition) is 4. The normalized spacial score (nSPS) is 15.1. The van der Waals surface area contributed by atoms with Gasteiger partial charge in [0.2, 0.25) is 5.79 Å². The van der Waals surface area contributed by atoms with Crippen LogP contribution in [0, 0.1) is 0 Å². The minimum absolute atomic E-state index is 0.535. The molecule has 0 fully saturated rings. The summed E-state index contributed by atoms with van der Waals surface area (Å²) in [7, 11) is 0. The highest BCUT2D eigenvalue weighted by molar-refractivity contribution is 5.38. The van der Waals surface area contributed by atoms with E-state index >= 15 is 0 Å². The van der Waals surface area contributed by atoms with E-state index in [1.807, 2.05) is 13.8 Å². The molecule has 1 heterocycles. The summed E-state index contributed by atoms with van der Waals surface area (Å²) in [5.74, 6) is 0.419. The number of nitrogens with zero attached hydrogens (tertiary/aromatic N) is 1. The van der Waals surface area contributed by atoms with Crippen LogP contribution >= 0.6 is 0 Å². The zero-order valence-electron chi connectivity index (χ0n) is 18.7. The highest BCUT2D eigenvalue weighted by Gasteiger charge is 2.27. The molecule has 2 N–H and O–H groups in total. The van der Waals surface area contributed by atoms with Crippen LogP contribution in [0.1, 0.15) is 56.2 Å². The summed E-state index contributed by atoms with van der Waals surface area (Å²) in [5.41, 5.74) is 9.56. The average Bonchev–Trinajstić information content (AvgIpc) is 2.75. The van der Waals surface area contributed by atoms with Crippen molar-refractivity contribution in [1.29, 1.82) is 0 Å². The number of rotatable bonds is 12. The van der Waals surface area contributed by atoms with Crippen molar-refractivity contribution < 1.29 is 9.47 Å². The SMILES string of the molecule is CC1(C)OCc2cc(CCN(CCCCCCN)CCc3ccccc3)ccc2O1. The van der Waals surface area contributed by atoms with Crippen LogP contribution in [0.4, 0.5) is 0 Å². The summed E-state index contributed by atoms with van der Waals surface area (Å²) in [6.45, 7) is 8.68. The Balaban J connectivity index is 1.53. The van der Waals surface area contributed by atoms with Gasteiger partial charge in [-0.2, -0.15) is 0 Å². The minimum atomic E-state index is -0.535. The largest absolute Gasteiger partial charge is 0.463 e. The Morgan fingerprint density at radius 3 is 2.37 bits per heavy atom. The monoisotopic (exact) mass is 410 g/mol. The molecule has 0 saturated carbocycles. The van der Waals surface area contributed by atoms with Crippen LogP contribution < -0.4 is 10.5 Å². The smallest absolute Gasteiger partial charge is 0.205 e. The number of unbranched alkanes of at least 4 members (excludes halogenated alkanes) is 3. The molecule has 0 aliphatic carbocycles. The van der Waals surface area contributed by atoms with Gasteiger partial charge in [0.05, 0.1) is 6.61 Å². The quantitative estimate of drug-likeness (QED) is 0.504. The third-order valence-electron chi connectivity index (χ3n) is 5.76. The molecule has 0 atom stereocenters. The van der Waals surface area contributed by atoms with Gasteiger partial charge in [-0.15, -0.1) is 0 Å². The summed E-state index contributed by atoms with van der Waals surface area (Å²) >= 11 is 0. The van der Waals surface area contributed by atoms with E-state index in [4.69, 9.17) is 15.2 Å². The van der Waals surface area contributed by atoms with Crippen LogP contribution in [-0.4, -0.2) is 36.9 Å². The lowest BCUT2D eigenvalue weighted by Crippen LogP contribution is -2.35. The molecule has 4 nitrogen and oxygen atoms in total. The Morgan fingerprint density at radius 2 is 1.60 bits per heavy atom. The number of fused-ring (bicyclic) bond motifs is 1. The maximum Gasteiger partial charge on any atom is 0.205 e. The summed E-state index contributed by atoms with van der Waals surface area (Å²) in [5, 5.41) is 0. The van der Waals surface area contributed by atoms with Gasteiger partial charge >= 0.3 is 0 Å². The minimum Gasteiger partial charge on any atom is -0.463 e. The number of ether oxygens (including phenoxy) is 2. The van der Waals surface area contributed by atoms with Gasteiger partial charge in [-0.25, -0.2) is 0 Å². The molecule has 2 aromatic rings. The Labute approximate surface area is 182 Å². The third kappa shape index (κ3) is 7.42. The van der Waals surface area contributed by atoms with Gasteiger partial charge in [0.1, 0.15) is 5.75 Å². The molecular weight excluding hydrogens is 372 g/mol. The Hall–Kier alpha value is -1.88. The van der Waals surface area contributed by atoms with Crippen molar-refractivity contribution in [2.75, 3.05) is 26.2 Å². The molecule has 0 bridgehead atoms. The molecule has 0 radical (unpaired) electrons. The number of nitrogens with two attached hydrogens (primary N) is 1. The fourth-order valence-electron chi connectivity index (χ4n) is 3.93. The van der Waals surface area contributed by atoms with Crippen LogP contribution in [0.3, 0.4) is 0 Å². The topological polar surface area (TPSA) is 47.7 Å². The lowest BCUT2D eigenvalue weighted by atomic mass is 10.1. The first-order valence-electron chi connectivity index (χ1n) is 11.5. The number of hydrogen-bond donors (Lipinski definition) is 1. The van der Waals surface area contributed by atoms with Gasteiger partial charge in [-0.1, -0.05) is 49.2 Å². The van der Waals surface area contributed by atoms with Gasteiger partial charge in [0.25, 0.3) is 0 Å². The molecule has 0 amide bonds. The van der Waals surface area contributed by atoms with Crippen molar-refractivity contribution in [3.05, 3.63) is 65.2 Å². The van der Waals surface area contributed by atoms with Gasteiger partial charge in [-0.3, -0.25) is 0 Å². The van der Waals surface area contributed by atoms with Gasteiger partial charge in [0, 0.05) is 32.5 Å². The molecule has 30 heavy (non-hydrogen) atoms. The summed E-state index contributed by atoms with van der Waals surface area (Å²) in [6, 6.07) is 17.4. The molecule has 0 unspecified atom stereocenters. The molecule has 0 aromatic heterocycles. The first-order chi connectivity index (χ1) is 14.6. The van der Waals surface area contributed by atoms with E-state index in [1.54, 1.807) is 0 Å². The van der Waals surface area contributed by atoms with E-state index in [2.05, 4.69) is 53.4 Å². The van der Waals surface area contributed by atoms with E-state index in [0.29, 0.717) is 6.61 Å². The van der Waals surface area contributed by atoms with E-state index in [9.17, 15) is 0 Å². The molecule has 1 aliphatic heterocycles.